The summed E-state index contributed by atoms with van der Waals surface area (Å²) in [5.74, 6) is 1.60. The molecular formula is C18H30N4O2. The molecule has 1 rings (SSSR count). The molecule has 6 heteroatoms. The van der Waals surface area contributed by atoms with Gasteiger partial charge in [-0.25, -0.2) is 0 Å². The fourth-order valence-corrected chi connectivity index (χ4v) is 2.32. The van der Waals surface area contributed by atoms with Crippen LogP contribution in [-0.4, -0.2) is 51.1 Å². The largest absolute Gasteiger partial charge is 0.496 e. The summed E-state index contributed by atoms with van der Waals surface area (Å²) >= 11 is 0. The summed E-state index contributed by atoms with van der Waals surface area (Å²) in [5, 5.41) is 5.96. The number of hydrogen-bond acceptors (Lipinski definition) is 3. The van der Waals surface area contributed by atoms with E-state index in [1.54, 1.807) is 14.2 Å². The number of ether oxygens (including phenoxy) is 1. The van der Waals surface area contributed by atoms with Crippen LogP contribution in [0.25, 0.3) is 0 Å². The van der Waals surface area contributed by atoms with Crippen molar-refractivity contribution in [1.82, 2.24) is 15.5 Å². The summed E-state index contributed by atoms with van der Waals surface area (Å²) in [4.78, 5) is 18.6. The zero-order valence-electron chi connectivity index (χ0n) is 15.6. The van der Waals surface area contributed by atoms with Gasteiger partial charge in [0.25, 0.3) is 0 Å². The second kappa shape index (κ2) is 9.15. The Morgan fingerprint density at radius 2 is 2.00 bits per heavy atom. The quantitative estimate of drug-likeness (QED) is 0.590. The Balaban J connectivity index is 2.90. The summed E-state index contributed by atoms with van der Waals surface area (Å²) in [7, 11) is 5.29. The van der Waals surface area contributed by atoms with Gasteiger partial charge in [-0.1, -0.05) is 18.2 Å². The second-order valence-corrected chi connectivity index (χ2v) is 6.30. The van der Waals surface area contributed by atoms with Crippen LogP contribution in [-0.2, 0) is 11.3 Å². The fraction of sp³-hybridized carbons (Fsp3) is 0.556. The van der Waals surface area contributed by atoms with Crippen LogP contribution in [0.5, 0.6) is 5.75 Å². The summed E-state index contributed by atoms with van der Waals surface area (Å²) in [6.45, 7) is 7.63. The fourth-order valence-electron chi connectivity index (χ4n) is 2.32. The molecule has 0 heterocycles. The number of para-hydroxylation sites is 1. The third-order valence-electron chi connectivity index (χ3n) is 3.76. The summed E-state index contributed by atoms with van der Waals surface area (Å²) in [6, 6.07) is 7.92. The van der Waals surface area contributed by atoms with E-state index in [-0.39, 0.29) is 5.91 Å². The molecule has 0 spiro atoms. The van der Waals surface area contributed by atoms with Crippen molar-refractivity contribution < 1.29 is 9.53 Å². The third kappa shape index (κ3) is 5.44. The summed E-state index contributed by atoms with van der Waals surface area (Å²) in [5.41, 5.74) is 0.527. The number of aliphatic imine (C=N–C) groups is 1. The zero-order valence-corrected chi connectivity index (χ0v) is 15.6. The Labute approximate surface area is 145 Å². The molecule has 0 aliphatic carbocycles. The maximum absolute atomic E-state index is 11.9. The maximum atomic E-state index is 11.9. The first-order chi connectivity index (χ1) is 11.4. The highest BCUT2D eigenvalue weighted by Gasteiger charge is 2.26. The van der Waals surface area contributed by atoms with Crippen LogP contribution in [0.1, 0.15) is 26.3 Å². The van der Waals surface area contributed by atoms with E-state index < -0.39 is 5.41 Å². The molecular weight excluding hydrogens is 304 g/mol. The van der Waals surface area contributed by atoms with E-state index in [0.29, 0.717) is 13.1 Å². The third-order valence-corrected chi connectivity index (χ3v) is 3.76. The topological polar surface area (TPSA) is 66.0 Å². The van der Waals surface area contributed by atoms with Crippen molar-refractivity contribution >= 4 is 11.9 Å². The molecule has 0 saturated carbocycles. The van der Waals surface area contributed by atoms with E-state index in [1.165, 1.54) is 0 Å². The molecule has 0 unspecified atom stereocenters. The van der Waals surface area contributed by atoms with Crippen molar-refractivity contribution in [3.63, 3.8) is 0 Å². The van der Waals surface area contributed by atoms with Crippen LogP contribution in [0, 0.1) is 5.41 Å². The predicted octanol–water partition coefficient (Wildman–Crippen LogP) is 1.86. The van der Waals surface area contributed by atoms with Gasteiger partial charge >= 0.3 is 0 Å². The van der Waals surface area contributed by atoms with E-state index in [4.69, 9.17) is 4.74 Å². The van der Waals surface area contributed by atoms with Crippen LogP contribution in [0.2, 0.25) is 0 Å². The lowest BCUT2D eigenvalue weighted by atomic mass is 9.93. The minimum absolute atomic E-state index is 0.0190. The smallest absolute Gasteiger partial charge is 0.227 e. The Morgan fingerprint density at radius 3 is 2.58 bits per heavy atom. The Kier molecular flexibility index (Phi) is 7.55. The first kappa shape index (κ1) is 19.8. The van der Waals surface area contributed by atoms with E-state index in [2.05, 4.69) is 15.6 Å². The van der Waals surface area contributed by atoms with Crippen LogP contribution < -0.4 is 15.4 Å². The monoisotopic (exact) mass is 334 g/mol. The molecule has 0 saturated heterocycles. The van der Waals surface area contributed by atoms with Crippen molar-refractivity contribution in [2.75, 3.05) is 34.3 Å². The molecule has 0 bridgehead atoms. The van der Waals surface area contributed by atoms with Crippen molar-refractivity contribution in [3.05, 3.63) is 29.8 Å². The van der Waals surface area contributed by atoms with Crippen molar-refractivity contribution in [2.24, 2.45) is 10.4 Å². The van der Waals surface area contributed by atoms with Crippen LogP contribution in [0.4, 0.5) is 0 Å². The molecule has 1 amide bonds. The highest BCUT2D eigenvalue weighted by molar-refractivity contribution is 5.83. The summed E-state index contributed by atoms with van der Waals surface area (Å²) in [6.07, 6.45) is 0. The SMILES string of the molecule is CCNC(=NCC(C)(C)C(=O)NC)N(C)Cc1ccccc1OC. The van der Waals surface area contributed by atoms with Gasteiger partial charge in [0.05, 0.1) is 19.1 Å². The lowest BCUT2D eigenvalue weighted by Gasteiger charge is -2.25. The molecule has 2 N–H and O–H groups in total. The van der Waals surface area contributed by atoms with Crippen LogP contribution in [0.15, 0.2) is 29.3 Å². The molecule has 1 aromatic carbocycles. The highest BCUT2D eigenvalue weighted by Crippen LogP contribution is 2.19. The summed E-state index contributed by atoms with van der Waals surface area (Å²) < 4.78 is 5.41. The van der Waals surface area contributed by atoms with Crippen LogP contribution >= 0.6 is 0 Å². The number of carbonyl (C=O) groups excluding carboxylic acids is 1. The number of methoxy groups -OCH3 is 1. The number of carbonyl (C=O) groups is 1. The molecule has 0 radical (unpaired) electrons. The van der Waals surface area contributed by atoms with E-state index in [1.807, 2.05) is 57.0 Å². The number of nitrogens with zero attached hydrogens (tertiary/aromatic N) is 2. The van der Waals surface area contributed by atoms with Gasteiger partial charge < -0.3 is 20.3 Å². The standard InChI is InChI=1S/C18H30N4O2/c1-7-20-17(21-13-18(2,3)16(23)19-4)22(5)12-14-10-8-9-11-15(14)24-6/h8-11H,7,12-13H2,1-6H3,(H,19,23)(H,20,21). The molecule has 0 aliphatic rings. The normalized spacial score (nSPS) is 11.8. The van der Waals surface area contributed by atoms with Gasteiger partial charge in [-0.2, -0.15) is 0 Å². The first-order valence-electron chi connectivity index (χ1n) is 8.19. The average molecular weight is 334 g/mol. The molecule has 6 nitrogen and oxygen atoms in total. The Morgan fingerprint density at radius 1 is 1.33 bits per heavy atom. The molecule has 24 heavy (non-hydrogen) atoms. The molecule has 0 aliphatic heterocycles. The van der Waals surface area contributed by atoms with Crippen molar-refractivity contribution in [1.29, 1.82) is 0 Å². The van der Waals surface area contributed by atoms with Gasteiger partial charge in [0.2, 0.25) is 5.91 Å². The number of guanidine groups is 1. The number of nitrogens with one attached hydrogen (secondary N) is 2. The minimum Gasteiger partial charge on any atom is -0.496 e. The zero-order chi connectivity index (χ0) is 18.2. The highest BCUT2D eigenvalue weighted by atomic mass is 16.5. The second-order valence-electron chi connectivity index (χ2n) is 6.30. The first-order valence-corrected chi connectivity index (χ1v) is 8.19. The van der Waals surface area contributed by atoms with E-state index in [0.717, 1.165) is 23.8 Å². The molecule has 0 atom stereocenters. The van der Waals surface area contributed by atoms with Gasteiger partial charge in [-0.15, -0.1) is 0 Å². The Hall–Kier alpha value is -2.24. The van der Waals surface area contributed by atoms with Crippen molar-refractivity contribution in [2.45, 2.75) is 27.3 Å². The molecule has 134 valence electrons. The number of rotatable bonds is 7. The van der Waals surface area contributed by atoms with E-state index in [9.17, 15) is 4.79 Å². The van der Waals surface area contributed by atoms with Gasteiger partial charge in [0, 0.05) is 32.7 Å². The van der Waals surface area contributed by atoms with Gasteiger partial charge in [-0.05, 0) is 26.8 Å². The van der Waals surface area contributed by atoms with Crippen LogP contribution in [0.3, 0.4) is 0 Å². The minimum atomic E-state index is -0.555. The molecule has 0 aromatic heterocycles. The molecule has 1 aromatic rings. The number of amides is 1. The lowest BCUT2D eigenvalue weighted by molar-refractivity contribution is -0.128. The predicted molar refractivity (Wildman–Crippen MR) is 98.3 cm³/mol. The molecule has 0 fully saturated rings. The van der Waals surface area contributed by atoms with Crippen molar-refractivity contribution in [3.8, 4) is 5.75 Å². The lowest BCUT2D eigenvalue weighted by Crippen LogP contribution is -2.41. The van der Waals surface area contributed by atoms with E-state index >= 15 is 0 Å². The van der Waals surface area contributed by atoms with Gasteiger partial charge in [0.1, 0.15) is 5.75 Å². The van der Waals surface area contributed by atoms with Gasteiger partial charge in [0.15, 0.2) is 5.96 Å². The average Bonchev–Trinajstić information content (AvgIpc) is 2.58. The number of benzene rings is 1. The number of hydrogen-bond donors (Lipinski definition) is 2. The Bertz CT molecular complexity index is 570. The maximum Gasteiger partial charge on any atom is 0.227 e. The van der Waals surface area contributed by atoms with Gasteiger partial charge in [-0.3, -0.25) is 9.79 Å².